The number of halogens is 1. The highest BCUT2D eigenvalue weighted by molar-refractivity contribution is 9.10. The number of nitrogens with zero attached hydrogens (tertiary/aromatic N) is 1. The highest BCUT2D eigenvalue weighted by atomic mass is 79.9. The quantitative estimate of drug-likeness (QED) is 0.516. The zero-order valence-corrected chi connectivity index (χ0v) is 12.2. The molecule has 20 heavy (non-hydrogen) atoms. The fraction of sp³-hybridized carbons (Fsp3) is 0. The minimum atomic E-state index is 1.09. The van der Waals surface area contributed by atoms with Crippen molar-refractivity contribution in [3.63, 3.8) is 0 Å². The molecule has 0 amide bonds. The molecule has 0 aliphatic heterocycles. The molecule has 0 aliphatic rings. The van der Waals surface area contributed by atoms with Crippen molar-refractivity contribution in [2.24, 2.45) is 0 Å². The van der Waals surface area contributed by atoms with Crippen molar-refractivity contribution >= 4 is 37.6 Å². The van der Waals surface area contributed by atoms with E-state index in [9.17, 15) is 0 Å². The number of H-pyrrole nitrogens is 1. The van der Waals surface area contributed by atoms with Crippen LogP contribution in [0.2, 0.25) is 0 Å². The number of hydrogen-bond acceptors (Lipinski definition) is 1. The van der Waals surface area contributed by atoms with E-state index < -0.39 is 0 Å². The lowest BCUT2D eigenvalue weighted by Crippen LogP contribution is -1.78. The van der Waals surface area contributed by atoms with Crippen molar-refractivity contribution < 1.29 is 0 Å². The molecule has 2 nitrogen and oxygen atoms in total. The minimum Gasteiger partial charge on any atom is -0.354 e. The zero-order chi connectivity index (χ0) is 13.5. The second kappa shape index (κ2) is 4.46. The molecular weight excluding hydrogens is 312 g/mol. The second-order valence-corrected chi connectivity index (χ2v) is 5.73. The summed E-state index contributed by atoms with van der Waals surface area (Å²) in [5, 5.41) is 3.59. The van der Waals surface area contributed by atoms with Crippen molar-refractivity contribution in [1.82, 2.24) is 9.97 Å². The predicted molar refractivity (Wildman–Crippen MR) is 86.7 cm³/mol. The van der Waals surface area contributed by atoms with Crippen LogP contribution in [0, 0.1) is 0 Å². The molecule has 0 aliphatic carbocycles. The highest BCUT2D eigenvalue weighted by Crippen LogP contribution is 2.29. The topological polar surface area (TPSA) is 28.7 Å². The van der Waals surface area contributed by atoms with Gasteiger partial charge in [-0.1, -0.05) is 40.2 Å². The zero-order valence-electron chi connectivity index (χ0n) is 10.6. The molecule has 0 saturated carbocycles. The van der Waals surface area contributed by atoms with Gasteiger partial charge in [0, 0.05) is 38.7 Å². The standard InChI is InChI=1S/C17H11BrN2/c18-14-5-3-11(4-6-14)16-9-12-1-2-13-10-19-8-7-15(13)17(12)20-16/h1-10,20H. The monoisotopic (exact) mass is 322 g/mol. The summed E-state index contributed by atoms with van der Waals surface area (Å²) in [6.45, 7) is 0. The maximum atomic E-state index is 4.18. The third-order valence-electron chi connectivity index (χ3n) is 3.57. The van der Waals surface area contributed by atoms with Crippen molar-refractivity contribution in [3.05, 3.63) is 65.4 Å². The third kappa shape index (κ3) is 1.82. The molecule has 0 radical (unpaired) electrons. The molecule has 1 N–H and O–H groups in total. The van der Waals surface area contributed by atoms with E-state index in [1.807, 2.05) is 12.4 Å². The van der Waals surface area contributed by atoms with Crippen LogP contribution in [0.3, 0.4) is 0 Å². The number of rotatable bonds is 1. The van der Waals surface area contributed by atoms with E-state index in [2.05, 4.69) is 74.4 Å². The molecule has 0 unspecified atom stereocenters. The van der Waals surface area contributed by atoms with Crippen LogP contribution in [-0.4, -0.2) is 9.97 Å². The number of aromatic nitrogens is 2. The van der Waals surface area contributed by atoms with E-state index in [1.165, 1.54) is 21.9 Å². The summed E-state index contributed by atoms with van der Waals surface area (Å²) < 4.78 is 1.09. The Kier molecular flexibility index (Phi) is 2.60. The van der Waals surface area contributed by atoms with Gasteiger partial charge in [0.2, 0.25) is 0 Å². The van der Waals surface area contributed by atoms with E-state index >= 15 is 0 Å². The largest absolute Gasteiger partial charge is 0.354 e. The Hall–Kier alpha value is -2.13. The minimum absolute atomic E-state index is 1.09. The summed E-state index contributed by atoms with van der Waals surface area (Å²) in [7, 11) is 0. The van der Waals surface area contributed by atoms with E-state index in [-0.39, 0.29) is 0 Å². The van der Waals surface area contributed by atoms with Gasteiger partial charge in [-0.15, -0.1) is 0 Å². The lowest BCUT2D eigenvalue weighted by Gasteiger charge is -1.99. The molecule has 96 valence electrons. The van der Waals surface area contributed by atoms with E-state index in [4.69, 9.17) is 0 Å². The van der Waals surface area contributed by atoms with E-state index in [1.54, 1.807) is 0 Å². The highest BCUT2D eigenvalue weighted by Gasteiger charge is 2.06. The smallest absolute Gasteiger partial charge is 0.0539 e. The molecule has 2 aromatic carbocycles. The van der Waals surface area contributed by atoms with Crippen LogP contribution in [-0.2, 0) is 0 Å². The number of hydrogen-bond donors (Lipinski definition) is 1. The van der Waals surface area contributed by atoms with Crippen LogP contribution < -0.4 is 0 Å². The Labute approximate surface area is 124 Å². The average Bonchev–Trinajstić information content (AvgIpc) is 2.92. The number of benzene rings is 2. The SMILES string of the molecule is Brc1ccc(-c2cc3ccc4cnccc4c3[nH]2)cc1. The summed E-state index contributed by atoms with van der Waals surface area (Å²) in [5.41, 5.74) is 3.49. The van der Waals surface area contributed by atoms with Gasteiger partial charge in [0.25, 0.3) is 0 Å². The first-order valence-corrected chi connectivity index (χ1v) is 7.22. The third-order valence-corrected chi connectivity index (χ3v) is 4.10. The van der Waals surface area contributed by atoms with Gasteiger partial charge in [-0.2, -0.15) is 0 Å². The summed E-state index contributed by atoms with van der Waals surface area (Å²) in [6.07, 6.45) is 3.73. The molecule has 2 aromatic heterocycles. The summed E-state index contributed by atoms with van der Waals surface area (Å²) in [4.78, 5) is 7.71. The Morgan fingerprint density at radius 1 is 0.900 bits per heavy atom. The maximum absolute atomic E-state index is 4.18. The maximum Gasteiger partial charge on any atom is 0.0539 e. The van der Waals surface area contributed by atoms with Crippen LogP contribution in [0.4, 0.5) is 0 Å². The number of fused-ring (bicyclic) bond motifs is 3. The summed E-state index contributed by atoms with van der Waals surface area (Å²) in [5.74, 6) is 0. The Bertz CT molecular complexity index is 907. The van der Waals surface area contributed by atoms with Crippen molar-refractivity contribution in [1.29, 1.82) is 0 Å². The first-order valence-electron chi connectivity index (χ1n) is 6.43. The molecule has 2 heterocycles. The molecule has 4 aromatic rings. The van der Waals surface area contributed by atoms with Gasteiger partial charge < -0.3 is 4.98 Å². The normalized spacial score (nSPS) is 11.2. The first-order chi connectivity index (χ1) is 9.81. The molecule has 0 spiro atoms. The Morgan fingerprint density at radius 2 is 1.70 bits per heavy atom. The lowest BCUT2D eigenvalue weighted by molar-refractivity contribution is 1.36. The number of pyridine rings is 1. The van der Waals surface area contributed by atoms with Crippen LogP contribution in [0.15, 0.2) is 65.4 Å². The second-order valence-electron chi connectivity index (χ2n) is 4.82. The first kappa shape index (κ1) is 11.7. The summed E-state index contributed by atoms with van der Waals surface area (Å²) in [6, 6.07) is 16.8. The van der Waals surface area contributed by atoms with Gasteiger partial charge in [0.15, 0.2) is 0 Å². The molecule has 0 atom stereocenters. The summed E-state index contributed by atoms with van der Waals surface area (Å²) >= 11 is 3.47. The van der Waals surface area contributed by atoms with Gasteiger partial charge in [-0.05, 0) is 29.8 Å². The van der Waals surface area contributed by atoms with Gasteiger partial charge >= 0.3 is 0 Å². The van der Waals surface area contributed by atoms with Crippen LogP contribution >= 0.6 is 15.9 Å². The fourth-order valence-corrected chi connectivity index (χ4v) is 2.82. The van der Waals surface area contributed by atoms with Crippen molar-refractivity contribution in [2.75, 3.05) is 0 Å². The molecule has 0 bridgehead atoms. The van der Waals surface area contributed by atoms with Gasteiger partial charge in [-0.3, -0.25) is 4.98 Å². The van der Waals surface area contributed by atoms with Gasteiger partial charge in [-0.25, -0.2) is 0 Å². The molecule has 4 rings (SSSR count). The fourth-order valence-electron chi connectivity index (χ4n) is 2.56. The Morgan fingerprint density at radius 3 is 2.55 bits per heavy atom. The lowest BCUT2D eigenvalue weighted by atomic mass is 10.1. The van der Waals surface area contributed by atoms with E-state index in [0.29, 0.717) is 0 Å². The molecule has 0 fully saturated rings. The Balaban J connectivity index is 1.98. The predicted octanol–water partition coefficient (Wildman–Crippen LogP) is 5.15. The number of nitrogens with one attached hydrogen (secondary N) is 1. The number of aromatic amines is 1. The van der Waals surface area contributed by atoms with Gasteiger partial charge in [0.1, 0.15) is 0 Å². The van der Waals surface area contributed by atoms with Gasteiger partial charge in [0.05, 0.1) is 5.52 Å². The molecular formula is C17H11BrN2. The van der Waals surface area contributed by atoms with Crippen LogP contribution in [0.1, 0.15) is 0 Å². The van der Waals surface area contributed by atoms with Crippen LogP contribution in [0.5, 0.6) is 0 Å². The average molecular weight is 323 g/mol. The van der Waals surface area contributed by atoms with Crippen molar-refractivity contribution in [3.8, 4) is 11.3 Å². The van der Waals surface area contributed by atoms with Crippen LogP contribution in [0.25, 0.3) is 32.9 Å². The van der Waals surface area contributed by atoms with E-state index in [0.717, 1.165) is 15.6 Å². The molecule has 0 saturated heterocycles. The van der Waals surface area contributed by atoms with Crippen molar-refractivity contribution in [2.45, 2.75) is 0 Å². The molecule has 3 heteroatoms.